The van der Waals surface area contributed by atoms with E-state index in [4.69, 9.17) is 9.90 Å². The van der Waals surface area contributed by atoms with Crippen molar-refractivity contribution in [2.75, 3.05) is 14.1 Å². The van der Waals surface area contributed by atoms with Gasteiger partial charge >= 0.3 is 0 Å². The van der Waals surface area contributed by atoms with Gasteiger partial charge in [-0.15, -0.1) is 0 Å². The van der Waals surface area contributed by atoms with Crippen molar-refractivity contribution in [2.24, 2.45) is 0 Å². The summed E-state index contributed by atoms with van der Waals surface area (Å²) >= 11 is 0. The molecule has 0 amide bonds. The van der Waals surface area contributed by atoms with Gasteiger partial charge in [-0.1, -0.05) is 20.8 Å². The molecule has 0 aliphatic rings. The van der Waals surface area contributed by atoms with E-state index in [-0.39, 0.29) is 17.2 Å². The molecular formula is C14H32N2O3PRf-. The Hall–Kier alpha value is -1.38. The Balaban J connectivity index is -0.000000740. The molecule has 0 radical (unpaired) electrons. The molecule has 21 heavy (non-hydrogen) atoms. The standard InChI is InChI=1S/C13H30N2OP.CH2O2.Rf/c1-11(2)14(9)17(16,13(6,7)8)15(10)12(3,4)5;2-1-3;/h1-10H3;1H,(H,2,3);/q-1;;. The van der Waals surface area contributed by atoms with Crippen LogP contribution in [0.1, 0.15) is 55.4 Å². The van der Waals surface area contributed by atoms with Crippen LogP contribution < -0.4 is 0 Å². The number of carbonyl (C=O) groups is 1. The zero-order chi connectivity index (χ0) is 16.9. The minimum absolute atomic E-state index is 0. The predicted molar refractivity (Wildman–Crippen MR) is 85.9 cm³/mol. The van der Waals surface area contributed by atoms with Crippen LogP contribution >= 0.6 is 7.44 Å². The van der Waals surface area contributed by atoms with Gasteiger partial charge in [-0.2, -0.15) is 13.8 Å². The van der Waals surface area contributed by atoms with E-state index in [1.165, 1.54) is 0 Å². The first-order valence-corrected chi connectivity index (χ1v) is 8.25. The average Bonchev–Trinajstić information content (AvgIpc) is 2.24. The van der Waals surface area contributed by atoms with Crippen molar-refractivity contribution in [3.05, 3.63) is 6.04 Å². The molecule has 0 fully saturated rings. The smallest absolute Gasteiger partial charge is 0.290 e. The Morgan fingerprint density at radius 2 is 1.33 bits per heavy atom. The van der Waals surface area contributed by atoms with Gasteiger partial charge in [0.1, 0.15) is 0 Å². The normalized spacial score (nSPS) is 15.1. The first kappa shape index (κ1) is 24.6. The monoisotopic (exact) mass is 574 g/mol. The van der Waals surface area contributed by atoms with Gasteiger partial charge in [0.2, 0.25) is 0 Å². The van der Waals surface area contributed by atoms with Crippen molar-refractivity contribution in [2.45, 2.75) is 66.1 Å². The Labute approximate surface area is 124 Å². The molecular weight excluding hydrogens is 542 g/mol. The summed E-state index contributed by atoms with van der Waals surface area (Å²) < 4.78 is 17.5. The third-order valence-electron chi connectivity index (χ3n) is 3.31. The second-order valence-corrected chi connectivity index (χ2v) is 10.6. The second-order valence-electron chi connectivity index (χ2n) is 6.99. The molecule has 5 nitrogen and oxygen atoms in total. The van der Waals surface area contributed by atoms with Crippen LogP contribution in [0.5, 0.6) is 0 Å². The molecule has 0 saturated heterocycles. The van der Waals surface area contributed by atoms with E-state index in [0.717, 1.165) is 6.04 Å². The first-order chi connectivity index (χ1) is 8.67. The Morgan fingerprint density at radius 1 is 1.05 bits per heavy atom. The third kappa shape index (κ3) is 5.86. The zero-order valence-corrected chi connectivity index (χ0v) is 22.7. The zero-order valence-electron chi connectivity index (χ0n) is 15.4. The van der Waals surface area contributed by atoms with E-state index in [1.54, 1.807) is 0 Å². The Bertz CT molecular complexity index is 349. The quantitative estimate of drug-likeness (QED) is 0.315. The largest absolute Gasteiger partial charge is 0.483 e. The molecule has 0 saturated carbocycles. The fourth-order valence-electron chi connectivity index (χ4n) is 1.78. The summed E-state index contributed by atoms with van der Waals surface area (Å²) in [5, 5.41) is 6.61. The number of hydrogen-bond acceptors (Lipinski definition) is 2. The number of hydrogen-bond donors (Lipinski definition) is 1. The molecule has 0 bridgehead atoms. The van der Waals surface area contributed by atoms with Gasteiger partial charge in [-0.3, -0.25) is 9.36 Å². The van der Waals surface area contributed by atoms with E-state index in [2.05, 4.69) is 41.5 Å². The van der Waals surface area contributed by atoms with Crippen molar-refractivity contribution in [3.63, 3.8) is 0 Å². The summed E-state index contributed by atoms with van der Waals surface area (Å²) in [4.78, 5) is 8.36. The number of rotatable bonds is 3. The van der Waals surface area contributed by atoms with Crippen LogP contribution in [0.2, 0.25) is 0 Å². The maximum absolute atomic E-state index is 13.6. The van der Waals surface area contributed by atoms with Crippen LogP contribution in [-0.4, -0.2) is 45.7 Å². The molecule has 0 aromatic rings. The van der Waals surface area contributed by atoms with Crippen molar-refractivity contribution in [1.29, 1.82) is 0 Å². The van der Waals surface area contributed by atoms with Crippen molar-refractivity contribution in [3.8, 4) is 0 Å². The molecule has 0 aromatic heterocycles. The molecule has 7 heteroatoms. The molecule has 0 aromatic carbocycles. The fraction of sp³-hybridized carbons (Fsp3) is 0.857. The fourth-order valence-corrected chi connectivity index (χ4v) is 5.34. The van der Waals surface area contributed by atoms with Crippen LogP contribution in [0.25, 0.3) is 0 Å². The van der Waals surface area contributed by atoms with Gasteiger partial charge in [-0.05, 0) is 34.9 Å². The molecule has 0 rings (SSSR count). The van der Waals surface area contributed by atoms with Gasteiger partial charge in [0, 0.05) is 10.7 Å². The Morgan fingerprint density at radius 3 is 1.48 bits per heavy atom. The van der Waals surface area contributed by atoms with E-state index >= 15 is 0 Å². The van der Waals surface area contributed by atoms with Gasteiger partial charge in [0.15, 0.2) is 7.44 Å². The van der Waals surface area contributed by atoms with Crippen molar-refractivity contribution >= 4 is 13.9 Å². The van der Waals surface area contributed by atoms with E-state index in [0.29, 0.717) is 0 Å². The van der Waals surface area contributed by atoms with E-state index in [1.807, 2.05) is 37.3 Å². The maximum Gasteiger partial charge on any atom is 0.290 e. The van der Waals surface area contributed by atoms with Crippen LogP contribution in [0.15, 0.2) is 0 Å². The molecule has 1 unspecified atom stereocenters. The van der Waals surface area contributed by atoms with Crippen molar-refractivity contribution < 1.29 is 14.5 Å². The van der Waals surface area contributed by atoms with E-state index < -0.39 is 7.44 Å². The summed E-state index contributed by atoms with van der Waals surface area (Å²) in [6.07, 6.45) is 0. The second kappa shape index (κ2) is 8.16. The summed E-state index contributed by atoms with van der Waals surface area (Å²) in [6, 6.07) is 1.08. The number of nitrogens with zero attached hydrogens (tertiary/aromatic N) is 2. The van der Waals surface area contributed by atoms with Crippen molar-refractivity contribution in [1.82, 2.24) is 9.34 Å². The third-order valence-corrected chi connectivity index (χ3v) is 7.68. The van der Waals surface area contributed by atoms with Gasteiger partial charge in [0.25, 0.3) is 6.47 Å². The molecule has 0 aliphatic heterocycles. The molecule has 0 spiro atoms. The van der Waals surface area contributed by atoms with Gasteiger partial charge < -0.3 is 9.78 Å². The summed E-state index contributed by atoms with van der Waals surface area (Å²) in [7, 11) is 1.26. The molecule has 0 heterocycles. The van der Waals surface area contributed by atoms with Crippen LogP contribution in [0, 0.1) is 6.04 Å². The molecule has 1 atom stereocenters. The van der Waals surface area contributed by atoms with Crippen LogP contribution in [-0.2, 0) is 9.36 Å². The van der Waals surface area contributed by atoms with E-state index in [9.17, 15) is 4.57 Å². The summed E-state index contributed by atoms with van der Waals surface area (Å²) in [5.41, 5.74) is -0.119. The topological polar surface area (TPSA) is 60.9 Å². The molecule has 124 valence electrons. The first-order valence-electron chi connectivity index (χ1n) is 6.64. The maximum atomic E-state index is 13.6. The number of carboxylic acid groups (broad SMARTS) is 1. The molecule has 1 N–H and O–H groups in total. The average molecular weight is 574 g/mol. The Kier molecular flexibility index (Phi) is 9.57. The SMILES string of the molecule is C[C-](C)N(C)P(=O)(N(C)C(C)(C)C)C(C)(C)C.O=CO.[Rf]. The van der Waals surface area contributed by atoms with Crippen LogP contribution in [0.4, 0.5) is 0 Å². The van der Waals surface area contributed by atoms with Gasteiger partial charge in [0.05, 0.1) is 0 Å². The summed E-state index contributed by atoms with van der Waals surface area (Å²) in [5.74, 6) is 0. The summed E-state index contributed by atoms with van der Waals surface area (Å²) in [6.45, 7) is 16.2. The molecule has 0 aliphatic carbocycles. The predicted octanol–water partition coefficient (Wildman–Crippen LogP) is 3.91. The van der Waals surface area contributed by atoms with Gasteiger partial charge in [-0.25, -0.2) is 10.7 Å². The minimum atomic E-state index is -2.63. The minimum Gasteiger partial charge on any atom is -0.483 e. The van der Waals surface area contributed by atoms with Crippen LogP contribution in [0.3, 0.4) is 0 Å².